The van der Waals surface area contributed by atoms with Gasteiger partial charge in [0, 0.05) is 19.2 Å². The van der Waals surface area contributed by atoms with E-state index < -0.39 is 0 Å². The highest BCUT2D eigenvalue weighted by atomic mass is 16.5. The zero-order valence-corrected chi connectivity index (χ0v) is 12.6. The van der Waals surface area contributed by atoms with Crippen LogP contribution in [0.4, 0.5) is 0 Å². The van der Waals surface area contributed by atoms with E-state index in [2.05, 4.69) is 39.9 Å². The summed E-state index contributed by atoms with van der Waals surface area (Å²) in [7, 11) is 0. The van der Waals surface area contributed by atoms with Gasteiger partial charge in [-0.05, 0) is 31.1 Å². The molecule has 104 valence electrons. The Hall–Kier alpha value is -0.0800. The molecule has 1 N–H and O–H groups in total. The Morgan fingerprint density at radius 2 is 1.53 bits per heavy atom. The predicted molar refractivity (Wildman–Crippen MR) is 76.4 cm³/mol. The van der Waals surface area contributed by atoms with E-state index in [1.807, 2.05) is 0 Å². The molecule has 0 aliphatic heterocycles. The Morgan fingerprint density at radius 1 is 0.941 bits per heavy atom. The topological polar surface area (TPSA) is 21.3 Å². The molecule has 0 aromatic heterocycles. The molecule has 0 aromatic carbocycles. The standard InChI is InChI=1S/C15H33NO/c1-6-7-9-17-10-8-16-15(11-13(2)3)12-14(4)5/h13-16H,6-12H2,1-5H3. The van der Waals surface area contributed by atoms with Gasteiger partial charge in [0.15, 0.2) is 0 Å². The molecule has 0 aromatic rings. The maximum absolute atomic E-state index is 5.57. The molecule has 0 fully saturated rings. The molecular formula is C15H33NO. The third-order valence-corrected chi connectivity index (χ3v) is 2.83. The lowest BCUT2D eigenvalue weighted by molar-refractivity contribution is 0.129. The molecule has 0 aliphatic carbocycles. The summed E-state index contributed by atoms with van der Waals surface area (Å²) >= 11 is 0. The van der Waals surface area contributed by atoms with Crippen LogP contribution in [0.15, 0.2) is 0 Å². The number of unbranched alkanes of at least 4 members (excludes halogenated alkanes) is 1. The van der Waals surface area contributed by atoms with Crippen molar-refractivity contribution in [2.75, 3.05) is 19.8 Å². The fourth-order valence-corrected chi connectivity index (χ4v) is 2.08. The number of hydrogen-bond acceptors (Lipinski definition) is 2. The van der Waals surface area contributed by atoms with E-state index in [4.69, 9.17) is 4.74 Å². The summed E-state index contributed by atoms with van der Waals surface area (Å²) in [6.07, 6.45) is 4.94. The average molecular weight is 243 g/mol. The molecule has 17 heavy (non-hydrogen) atoms. The van der Waals surface area contributed by atoms with Gasteiger partial charge in [-0.15, -0.1) is 0 Å². The lowest BCUT2D eigenvalue weighted by Gasteiger charge is -2.22. The Bertz CT molecular complexity index is 147. The van der Waals surface area contributed by atoms with Crippen LogP contribution in [0.5, 0.6) is 0 Å². The third kappa shape index (κ3) is 12.2. The Kier molecular flexibility index (Phi) is 11.0. The van der Waals surface area contributed by atoms with Crippen molar-refractivity contribution in [3.63, 3.8) is 0 Å². The highest BCUT2D eigenvalue weighted by Gasteiger charge is 2.11. The first kappa shape index (κ1) is 16.9. The molecule has 0 radical (unpaired) electrons. The Labute approximate surface area is 109 Å². The van der Waals surface area contributed by atoms with Gasteiger partial charge < -0.3 is 10.1 Å². The van der Waals surface area contributed by atoms with Gasteiger partial charge in [-0.25, -0.2) is 0 Å². The van der Waals surface area contributed by atoms with E-state index in [1.165, 1.54) is 25.7 Å². The second-order valence-corrected chi connectivity index (χ2v) is 5.88. The Balaban J connectivity index is 3.60. The van der Waals surface area contributed by atoms with Crippen molar-refractivity contribution in [1.29, 1.82) is 0 Å². The summed E-state index contributed by atoms with van der Waals surface area (Å²) in [5.41, 5.74) is 0. The Morgan fingerprint density at radius 3 is 2.00 bits per heavy atom. The molecule has 0 heterocycles. The second kappa shape index (κ2) is 11.0. The lowest BCUT2D eigenvalue weighted by atomic mass is 9.96. The van der Waals surface area contributed by atoms with Crippen molar-refractivity contribution in [2.24, 2.45) is 11.8 Å². The smallest absolute Gasteiger partial charge is 0.0590 e. The van der Waals surface area contributed by atoms with Crippen LogP contribution in [-0.2, 0) is 4.74 Å². The first-order valence-electron chi connectivity index (χ1n) is 7.37. The monoisotopic (exact) mass is 243 g/mol. The maximum Gasteiger partial charge on any atom is 0.0590 e. The van der Waals surface area contributed by atoms with Crippen LogP contribution < -0.4 is 5.32 Å². The van der Waals surface area contributed by atoms with Crippen molar-refractivity contribution in [3.05, 3.63) is 0 Å². The summed E-state index contributed by atoms with van der Waals surface area (Å²) in [4.78, 5) is 0. The summed E-state index contributed by atoms with van der Waals surface area (Å²) in [6.45, 7) is 14.2. The molecule has 0 amide bonds. The lowest BCUT2D eigenvalue weighted by Crippen LogP contribution is -2.34. The first-order valence-corrected chi connectivity index (χ1v) is 7.37. The largest absolute Gasteiger partial charge is 0.380 e. The van der Waals surface area contributed by atoms with Gasteiger partial charge >= 0.3 is 0 Å². The highest BCUT2D eigenvalue weighted by molar-refractivity contribution is 4.70. The number of hydrogen-bond donors (Lipinski definition) is 1. The van der Waals surface area contributed by atoms with Crippen LogP contribution in [0, 0.1) is 11.8 Å². The van der Waals surface area contributed by atoms with Crippen LogP contribution in [-0.4, -0.2) is 25.8 Å². The van der Waals surface area contributed by atoms with Crippen molar-refractivity contribution in [3.8, 4) is 0 Å². The predicted octanol–water partition coefficient (Wildman–Crippen LogP) is 3.85. The molecule has 0 atom stereocenters. The average Bonchev–Trinajstić information content (AvgIpc) is 2.21. The van der Waals surface area contributed by atoms with Gasteiger partial charge in [-0.2, -0.15) is 0 Å². The van der Waals surface area contributed by atoms with Crippen molar-refractivity contribution >= 4 is 0 Å². The van der Waals surface area contributed by atoms with E-state index in [1.54, 1.807) is 0 Å². The van der Waals surface area contributed by atoms with Gasteiger partial charge in [-0.3, -0.25) is 0 Å². The van der Waals surface area contributed by atoms with E-state index in [-0.39, 0.29) is 0 Å². The van der Waals surface area contributed by atoms with Crippen LogP contribution in [0.3, 0.4) is 0 Å². The van der Waals surface area contributed by atoms with Gasteiger partial charge in [-0.1, -0.05) is 41.0 Å². The molecular weight excluding hydrogens is 210 g/mol. The van der Waals surface area contributed by atoms with Crippen LogP contribution in [0.1, 0.15) is 60.3 Å². The van der Waals surface area contributed by atoms with Crippen molar-refractivity contribution < 1.29 is 4.74 Å². The minimum absolute atomic E-state index is 0.657. The molecule has 0 aliphatic rings. The van der Waals surface area contributed by atoms with E-state index in [0.29, 0.717) is 6.04 Å². The molecule has 0 saturated heterocycles. The minimum atomic E-state index is 0.657. The number of rotatable bonds is 11. The zero-order valence-electron chi connectivity index (χ0n) is 12.6. The molecule has 0 rings (SSSR count). The van der Waals surface area contributed by atoms with Gasteiger partial charge in [0.05, 0.1) is 6.61 Å². The van der Waals surface area contributed by atoms with Gasteiger partial charge in [0.1, 0.15) is 0 Å². The molecule has 2 nitrogen and oxygen atoms in total. The number of ether oxygens (including phenoxy) is 1. The summed E-state index contributed by atoms with van der Waals surface area (Å²) in [6, 6.07) is 0.657. The second-order valence-electron chi connectivity index (χ2n) is 5.88. The van der Waals surface area contributed by atoms with Crippen LogP contribution in [0.2, 0.25) is 0 Å². The van der Waals surface area contributed by atoms with Crippen LogP contribution in [0.25, 0.3) is 0 Å². The van der Waals surface area contributed by atoms with Crippen LogP contribution >= 0.6 is 0 Å². The minimum Gasteiger partial charge on any atom is -0.380 e. The normalized spacial score (nSPS) is 12.0. The summed E-state index contributed by atoms with van der Waals surface area (Å²) < 4.78 is 5.57. The van der Waals surface area contributed by atoms with E-state index >= 15 is 0 Å². The molecule has 0 saturated carbocycles. The van der Waals surface area contributed by atoms with E-state index in [9.17, 15) is 0 Å². The SMILES string of the molecule is CCCCOCCNC(CC(C)C)CC(C)C. The molecule has 0 unspecified atom stereocenters. The zero-order chi connectivity index (χ0) is 13.1. The van der Waals surface area contributed by atoms with Crippen molar-refractivity contribution in [1.82, 2.24) is 5.32 Å². The maximum atomic E-state index is 5.57. The third-order valence-electron chi connectivity index (χ3n) is 2.83. The fourth-order valence-electron chi connectivity index (χ4n) is 2.08. The quantitative estimate of drug-likeness (QED) is 0.556. The molecule has 2 heteroatoms. The molecule has 0 spiro atoms. The summed E-state index contributed by atoms with van der Waals surface area (Å²) in [5.74, 6) is 1.54. The summed E-state index contributed by atoms with van der Waals surface area (Å²) in [5, 5.41) is 3.63. The highest BCUT2D eigenvalue weighted by Crippen LogP contribution is 2.12. The number of nitrogens with one attached hydrogen (secondary N) is 1. The molecule has 0 bridgehead atoms. The van der Waals surface area contributed by atoms with Gasteiger partial charge in [0.25, 0.3) is 0 Å². The van der Waals surface area contributed by atoms with Crippen molar-refractivity contribution in [2.45, 2.75) is 66.3 Å². The fraction of sp³-hybridized carbons (Fsp3) is 1.00. The first-order chi connectivity index (χ1) is 8.06. The van der Waals surface area contributed by atoms with E-state index in [0.717, 1.165) is 31.6 Å². The van der Waals surface area contributed by atoms with Gasteiger partial charge in [0.2, 0.25) is 0 Å².